The van der Waals surface area contributed by atoms with Crippen LogP contribution in [0.2, 0.25) is 5.02 Å². The molecule has 2 aliphatic heterocycles. The number of fused-ring (bicyclic) bond motifs is 5. The Morgan fingerprint density at radius 2 is 1.88 bits per heavy atom. The molecule has 40 heavy (non-hydrogen) atoms. The standard InChI is InChI=1S/C29H25ClF2N6O2/c30-17-5-3-14-12-29(9-1-2-10-29)37-28(40)24-16(23(14)25(17)31)11-22(39)38-19(24)6-7-20(38)27-34-13-18(35-27)15-4-8-21(33)36-26(15)32/h3-5,8,11,13,20H,1-2,6-7,9-10,12H2,(H2,33,36)(H,34,35)(H,37,40)/t20-/m0/s1. The van der Waals surface area contributed by atoms with Crippen molar-refractivity contribution in [1.82, 2.24) is 24.8 Å². The predicted molar refractivity (Wildman–Crippen MR) is 146 cm³/mol. The number of nitrogens with one attached hydrogen (secondary N) is 2. The highest BCUT2D eigenvalue weighted by atomic mass is 35.5. The van der Waals surface area contributed by atoms with Crippen molar-refractivity contribution in [3.05, 3.63) is 86.3 Å². The predicted octanol–water partition coefficient (Wildman–Crippen LogP) is 4.95. The zero-order valence-corrected chi connectivity index (χ0v) is 22.1. The van der Waals surface area contributed by atoms with Gasteiger partial charge in [0, 0.05) is 28.4 Å². The second-order valence-corrected chi connectivity index (χ2v) is 11.3. The maximum Gasteiger partial charge on any atom is 0.254 e. The monoisotopic (exact) mass is 562 g/mol. The summed E-state index contributed by atoms with van der Waals surface area (Å²) in [6.45, 7) is 0. The number of rotatable bonds is 2. The first-order valence-corrected chi connectivity index (χ1v) is 13.7. The summed E-state index contributed by atoms with van der Waals surface area (Å²) in [5.41, 5.74) is 7.30. The minimum Gasteiger partial charge on any atom is -0.384 e. The Morgan fingerprint density at radius 3 is 2.65 bits per heavy atom. The number of imidazole rings is 1. The largest absolute Gasteiger partial charge is 0.384 e. The first-order valence-electron chi connectivity index (χ1n) is 13.3. The van der Waals surface area contributed by atoms with Crippen LogP contribution in [-0.2, 0) is 12.8 Å². The van der Waals surface area contributed by atoms with Crippen LogP contribution in [-0.4, -0.2) is 31.0 Å². The zero-order valence-electron chi connectivity index (χ0n) is 21.4. The number of anilines is 1. The number of aromatic nitrogens is 4. The van der Waals surface area contributed by atoms with Gasteiger partial charge in [-0.05, 0) is 55.9 Å². The van der Waals surface area contributed by atoms with E-state index in [1.165, 1.54) is 30.5 Å². The van der Waals surface area contributed by atoms with E-state index in [0.717, 1.165) is 31.2 Å². The third kappa shape index (κ3) is 3.76. The summed E-state index contributed by atoms with van der Waals surface area (Å²) in [5.74, 6) is -1.18. The summed E-state index contributed by atoms with van der Waals surface area (Å²) in [7, 11) is 0. The average Bonchev–Trinajstić information content (AvgIpc) is 3.66. The fourth-order valence-corrected chi connectivity index (χ4v) is 6.92. The molecular formula is C29H25ClF2N6O2. The minimum atomic E-state index is -0.738. The van der Waals surface area contributed by atoms with Crippen LogP contribution in [0.4, 0.5) is 14.6 Å². The van der Waals surface area contributed by atoms with Crippen molar-refractivity contribution in [2.24, 2.45) is 0 Å². The number of nitrogens with two attached hydrogens (primary N) is 1. The van der Waals surface area contributed by atoms with Crippen LogP contribution in [0.15, 0.2) is 41.3 Å². The number of hydrogen-bond acceptors (Lipinski definition) is 5. The summed E-state index contributed by atoms with van der Waals surface area (Å²) < 4.78 is 31.7. The molecule has 1 saturated carbocycles. The van der Waals surface area contributed by atoms with Crippen molar-refractivity contribution < 1.29 is 13.6 Å². The molecule has 0 unspecified atom stereocenters. The van der Waals surface area contributed by atoms with Crippen molar-refractivity contribution in [3.63, 3.8) is 0 Å². The number of carbonyl (C=O) groups is 1. The summed E-state index contributed by atoms with van der Waals surface area (Å²) in [5, 5.41) is 3.22. The van der Waals surface area contributed by atoms with Gasteiger partial charge in [0.05, 0.1) is 34.1 Å². The molecule has 1 spiro atoms. The van der Waals surface area contributed by atoms with Gasteiger partial charge in [0.15, 0.2) is 0 Å². The maximum atomic E-state index is 15.7. The summed E-state index contributed by atoms with van der Waals surface area (Å²) in [6, 6.07) is 7.14. The average molecular weight is 563 g/mol. The molecule has 3 aromatic heterocycles. The molecule has 8 nitrogen and oxygen atoms in total. The molecule has 1 aromatic carbocycles. The van der Waals surface area contributed by atoms with E-state index >= 15 is 4.39 Å². The van der Waals surface area contributed by atoms with Crippen LogP contribution in [0.1, 0.15) is 65.6 Å². The van der Waals surface area contributed by atoms with E-state index in [1.54, 1.807) is 10.6 Å². The summed E-state index contributed by atoms with van der Waals surface area (Å²) in [6.07, 6.45) is 6.35. The first-order chi connectivity index (χ1) is 19.2. The molecular weight excluding hydrogens is 538 g/mol. The van der Waals surface area contributed by atoms with Gasteiger partial charge in [0.1, 0.15) is 17.5 Å². The third-order valence-electron chi connectivity index (χ3n) is 8.54. The van der Waals surface area contributed by atoms with Crippen molar-refractivity contribution >= 4 is 23.3 Å². The van der Waals surface area contributed by atoms with E-state index in [0.29, 0.717) is 36.5 Å². The van der Waals surface area contributed by atoms with Gasteiger partial charge in [-0.2, -0.15) is 4.39 Å². The number of nitrogens with zero attached hydrogens (tertiary/aromatic N) is 3. The fourth-order valence-electron chi connectivity index (χ4n) is 6.76. The molecule has 7 rings (SSSR count). The van der Waals surface area contributed by atoms with Crippen LogP contribution in [0.3, 0.4) is 0 Å². The number of amides is 1. The van der Waals surface area contributed by atoms with Gasteiger partial charge in [-0.15, -0.1) is 0 Å². The van der Waals surface area contributed by atoms with Gasteiger partial charge in [-0.1, -0.05) is 30.5 Å². The molecule has 3 aliphatic rings. The number of nitrogen functional groups attached to an aromatic ring is 1. The van der Waals surface area contributed by atoms with Crippen molar-refractivity contribution in [3.8, 4) is 22.4 Å². The molecule has 11 heteroatoms. The molecule has 5 heterocycles. The SMILES string of the molecule is Nc1ccc(-c2cnc([C@@H]3CCc4c5c(cc(=O)n43)-c3c(ccc(Cl)c3F)CC3(CCCC3)NC5=O)[nH]2)c(F)n1. The van der Waals surface area contributed by atoms with Crippen molar-refractivity contribution in [1.29, 1.82) is 0 Å². The molecule has 1 fully saturated rings. The minimum absolute atomic E-state index is 0.0582. The lowest BCUT2D eigenvalue weighted by molar-refractivity contribution is 0.0897. The van der Waals surface area contributed by atoms with Crippen LogP contribution >= 0.6 is 11.6 Å². The Morgan fingerprint density at radius 1 is 1.07 bits per heavy atom. The van der Waals surface area contributed by atoms with Gasteiger partial charge >= 0.3 is 0 Å². The molecule has 4 N–H and O–H groups in total. The highest BCUT2D eigenvalue weighted by Gasteiger charge is 2.42. The summed E-state index contributed by atoms with van der Waals surface area (Å²) in [4.78, 5) is 38.8. The van der Waals surface area contributed by atoms with Gasteiger partial charge in [-0.25, -0.2) is 14.4 Å². The topological polar surface area (TPSA) is 119 Å². The molecule has 1 atom stereocenters. The van der Waals surface area contributed by atoms with Gasteiger partial charge in [-0.3, -0.25) is 9.59 Å². The third-order valence-corrected chi connectivity index (χ3v) is 8.83. The van der Waals surface area contributed by atoms with E-state index in [2.05, 4.69) is 20.3 Å². The fraction of sp³-hybridized carbons (Fsp3) is 0.310. The Hall–Kier alpha value is -4.05. The van der Waals surface area contributed by atoms with E-state index in [1.807, 2.05) is 0 Å². The van der Waals surface area contributed by atoms with Crippen LogP contribution in [0, 0.1) is 11.8 Å². The quantitative estimate of drug-likeness (QED) is 0.299. The highest BCUT2D eigenvalue weighted by Crippen LogP contribution is 2.43. The van der Waals surface area contributed by atoms with E-state index in [4.69, 9.17) is 17.3 Å². The van der Waals surface area contributed by atoms with E-state index in [9.17, 15) is 14.0 Å². The molecule has 1 aliphatic carbocycles. The smallest absolute Gasteiger partial charge is 0.254 e. The van der Waals surface area contributed by atoms with Gasteiger partial charge < -0.3 is 20.6 Å². The summed E-state index contributed by atoms with van der Waals surface area (Å²) >= 11 is 6.22. The molecule has 1 amide bonds. The molecule has 204 valence electrons. The Bertz CT molecular complexity index is 1780. The second kappa shape index (κ2) is 8.99. The lowest BCUT2D eigenvalue weighted by atomic mass is 9.82. The second-order valence-electron chi connectivity index (χ2n) is 10.9. The van der Waals surface area contributed by atoms with Crippen LogP contribution < -0.4 is 16.6 Å². The Kier molecular flexibility index (Phi) is 5.61. The number of carbonyl (C=O) groups excluding carboxylic acids is 1. The molecule has 4 aromatic rings. The number of pyridine rings is 2. The lowest BCUT2D eigenvalue weighted by Crippen LogP contribution is -2.49. The van der Waals surface area contributed by atoms with Crippen LogP contribution in [0.25, 0.3) is 22.4 Å². The number of hydrogen-bond donors (Lipinski definition) is 3. The normalized spacial score (nSPS) is 19.1. The first kappa shape index (κ1) is 25.0. The number of H-pyrrole nitrogens is 1. The number of aromatic amines is 1. The van der Waals surface area contributed by atoms with Crippen LogP contribution in [0.5, 0.6) is 0 Å². The molecule has 0 radical (unpaired) electrons. The Labute approximate surface area is 232 Å². The maximum absolute atomic E-state index is 15.7. The zero-order chi connectivity index (χ0) is 27.8. The number of halogens is 3. The van der Waals surface area contributed by atoms with E-state index < -0.39 is 23.3 Å². The number of benzene rings is 1. The molecule has 0 saturated heterocycles. The Balaban J connectivity index is 1.39. The highest BCUT2D eigenvalue weighted by molar-refractivity contribution is 6.31. The van der Waals surface area contributed by atoms with Gasteiger partial charge in [0.25, 0.3) is 11.5 Å². The lowest BCUT2D eigenvalue weighted by Gasteiger charge is -2.34. The van der Waals surface area contributed by atoms with Crippen molar-refractivity contribution in [2.75, 3.05) is 5.73 Å². The van der Waals surface area contributed by atoms with Gasteiger partial charge in [0.2, 0.25) is 5.95 Å². The molecule has 0 bridgehead atoms. The van der Waals surface area contributed by atoms with E-state index in [-0.39, 0.29) is 44.6 Å². The van der Waals surface area contributed by atoms with Crippen molar-refractivity contribution in [2.45, 2.75) is 56.5 Å².